The van der Waals surface area contributed by atoms with Gasteiger partial charge in [0.05, 0.1) is 67.2 Å². The molecule has 2 unspecified atom stereocenters. The summed E-state index contributed by atoms with van der Waals surface area (Å²) in [6.45, 7) is 0.445. The molecule has 0 saturated heterocycles. The Kier molecular flexibility index (Phi) is 8.26. The van der Waals surface area contributed by atoms with Gasteiger partial charge in [-0.3, -0.25) is 29.0 Å². The zero-order valence-electron chi connectivity index (χ0n) is 24.1. The number of aliphatic hydroxyl groups is 2. The standard InChI is InChI=1S/C32H25N5O9/c1-4-11-33-30(44)36(16-20(38)14-34-26(40)22-9-7-18(5-2)12-24(22)28(34)42)32(46)37(31(33)45)17-21(39)15-35-27(41)23-10-8-19(6-3)13-25(23)29(35)43/h2-4,7-10,12-13,20-21,38-39H,1,11,14-17H2. The minimum Gasteiger partial charge on any atom is -0.389 e. The number of β-amino-alcohol motifs (C(OH)–C–C–N with tert-alkyl or cyclic N) is 2. The van der Waals surface area contributed by atoms with Gasteiger partial charge < -0.3 is 10.2 Å². The topological polar surface area (TPSA) is 181 Å². The van der Waals surface area contributed by atoms with Crippen LogP contribution in [0, 0.1) is 24.7 Å². The van der Waals surface area contributed by atoms with Crippen molar-refractivity contribution in [3.05, 3.63) is 114 Å². The summed E-state index contributed by atoms with van der Waals surface area (Å²) in [4.78, 5) is 92.7. The quantitative estimate of drug-likeness (QED) is 0.157. The molecule has 0 radical (unpaired) electrons. The predicted molar refractivity (Wildman–Crippen MR) is 161 cm³/mol. The summed E-state index contributed by atoms with van der Waals surface area (Å²) in [6.07, 6.45) is 8.68. The van der Waals surface area contributed by atoms with E-state index in [1.54, 1.807) is 0 Å². The molecule has 2 aliphatic heterocycles. The van der Waals surface area contributed by atoms with Gasteiger partial charge in [0.2, 0.25) is 0 Å². The molecule has 0 aliphatic carbocycles. The highest BCUT2D eigenvalue weighted by Crippen LogP contribution is 2.25. The molecule has 0 bridgehead atoms. The van der Waals surface area contributed by atoms with E-state index in [4.69, 9.17) is 12.8 Å². The van der Waals surface area contributed by atoms with Crippen LogP contribution in [0.15, 0.2) is 63.4 Å². The first kappa shape index (κ1) is 31.3. The fourth-order valence-electron chi connectivity index (χ4n) is 5.33. The minimum atomic E-state index is -1.64. The van der Waals surface area contributed by atoms with Gasteiger partial charge >= 0.3 is 17.1 Å². The van der Waals surface area contributed by atoms with E-state index in [1.165, 1.54) is 42.5 Å². The maximum absolute atomic E-state index is 13.4. The maximum Gasteiger partial charge on any atom is 0.336 e. The second kappa shape index (κ2) is 12.1. The molecule has 5 rings (SSSR count). The molecule has 14 heteroatoms. The summed E-state index contributed by atoms with van der Waals surface area (Å²) in [6, 6.07) is 8.44. The number of carbonyl (C=O) groups is 4. The van der Waals surface area contributed by atoms with Crippen LogP contribution in [0.2, 0.25) is 0 Å². The maximum atomic E-state index is 13.4. The smallest absolute Gasteiger partial charge is 0.336 e. The largest absolute Gasteiger partial charge is 0.389 e. The van der Waals surface area contributed by atoms with Gasteiger partial charge in [0, 0.05) is 11.1 Å². The van der Waals surface area contributed by atoms with E-state index in [0.29, 0.717) is 24.8 Å². The Labute approximate surface area is 260 Å². The summed E-state index contributed by atoms with van der Waals surface area (Å²) in [5, 5.41) is 21.6. The highest BCUT2D eigenvalue weighted by atomic mass is 16.3. The number of aromatic nitrogens is 3. The van der Waals surface area contributed by atoms with Crippen molar-refractivity contribution in [3.63, 3.8) is 0 Å². The van der Waals surface area contributed by atoms with E-state index in [1.807, 2.05) is 0 Å². The molecule has 14 nitrogen and oxygen atoms in total. The Morgan fingerprint density at radius 1 is 0.609 bits per heavy atom. The number of hydrogen-bond donors (Lipinski definition) is 2. The number of aliphatic hydroxyl groups excluding tert-OH is 2. The van der Waals surface area contributed by atoms with Crippen molar-refractivity contribution < 1.29 is 29.4 Å². The van der Waals surface area contributed by atoms with Gasteiger partial charge in [-0.2, -0.15) is 0 Å². The third-order valence-corrected chi connectivity index (χ3v) is 7.55. The summed E-state index contributed by atoms with van der Waals surface area (Å²) < 4.78 is 1.65. The normalized spacial score (nSPS) is 15.0. The lowest BCUT2D eigenvalue weighted by atomic mass is 10.1. The summed E-state index contributed by atoms with van der Waals surface area (Å²) in [5.41, 5.74) is -2.53. The Hall–Kier alpha value is -6.09. The van der Waals surface area contributed by atoms with Crippen LogP contribution in [-0.2, 0) is 19.6 Å². The molecule has 46 heavy (non-hydrogen) atoms. The van der Waals surface area contributed by atoms with Crippen LogP contribution in [0.4, 0.5) is 0 Å². The second-order valence-corrected chi connectivity index (χ2v) is 10.5. The molecular formula is C32H25N5O9. The van der Waals surface area contributed by atoms with Crippen LogP contribution >= 0.6 is 0 Å². The van der Waals surface area contributed by atoms with Gasteiger partial charge in [-0.1, -0.05) is 17.9 Å². The lowest BCUT2D eigenvalue weighted by Crippen LogP contribution is -2.57. The molecule has 1 aromatic heterocycles. The number of rotatable bonds is 10. The Balaban J connectivity index is 1.38. The Morgan fingerprint density at radius 2 is 0.978 bits per heavy atom. The minimum absolute atomic E-state index is 0.0373. The van der Waals surface area contributed by atoms with E-state index >= 15 is 0 Å². The number of nitrogens with zero attached hydrogens (tertiary/aromatic N) is 5. The predicted octanol–water partition coefficient (Wildman–Crippen LogP) is -1.37. The molecule has 4 amide bonds. The second-order valence-electron chi connectivity index (χ2n) is 10.5. The molecule has 2 atom stereocenters. The van der Waals surface area contributed by atoms with Crippen molar-refractivity contribution in [1.82, 2.24) is 23.5 Å². The third kappa shape index (κ3) is 5.28. The monoisotopic (exact) mass is 623 g/mol. The van der Waals surface area contributed by atoms with Crippen molar-refractivity contribution >= 4 is 23.6 Å². The Morgan fingerprint density at radius 3 is 1.35 bits per heavy atom. The molecule has 2 aromatic carbocycles. The SMILES string of the molecule is C#Cc1ccc2c(c1)C(=O)N(CC(O)Cn1c(=O)n(CC=C)c(=O)n(CC(O)CN3C(=O)c4ccc(C#C)cc4C3=O)c1=O)C2=O. The molecule has 0 saturated carbocycles. The summed E-state index contributed by atoms with van der Waals surface area (Å²) in [7, 11) is 0. The van der Waals surface area contributed by atoms with Gasteiger partial charge in [0.1, 0.15) is 0 Å². The van der Waals surface area contributed by atoms with Gasteiger partial charge in [-0.05, 0) is 36.4 Å². The van der Waals surface area contributed by atoms with E-state index < -0.39 is 79.1 Å². The molecule has 3 aromatic rings. The van der Waals surface area contributed by atoms with Crippen LogP contribution in [-0.4, -0.2) is 82.6 Å². The first-order valence-corrected chi connectivity index (χ1v) is 13.8. The number of imide groups is 2. The van der Waals surface area contributed by atoms with Crippen LogP contribution in [0.3, 0.4) is 0 Å². The van der Waals surface area contributed by atoms with Crippen molar-refractivity contribution in [2.75, 3.05) is 13.1 Å². The van der Waals surface area contributed by atoms with E-state index in [0.717, 1.165) is 9.80 Å². The van der Waals surface area contributed by atoms with Crippen molar-refractivity contribution in [3.8, 4) is 24.7 Å². The molecule has 232 valence electrons. The first-order valence-electron chi connectivity index (χ1n) is 13.8. The Bertz CT molecular complexity index is 1980. The van der Waals surface area contributed by atoms with E-state index in [-0.39, 0.29) is 28.8 Å². The number of allylic oxidation sites excluding steroid dienone is 1. The highest BCUT2D eigenvalue weighted by Gasteiger charge is 2.38. The van der Waals surface area contributed by atoms with E-state index in [9.17, 15) is 43.8 Å². The van der Waals surface area contributed by atoms with Crippen LogP contribution in [0.1, 0.15) is 52.6 Å². The first-order chi connectivity index (χ1) is 21.9. The fourth-order valence-corrected chi connectivity index (χ4v) is 5.33. The number of terminal acetylenes is 2. The summed E-state index contributed by atoms with van der Waals surface area (Å²) >= 11 is 0. The van der Waals surface area contributed by atoms with E-state index in [2.05, 4.69) is 18.4 Å². The zero-order valence-corrected chi connectivity index (χ0v) is 24.1. The van der Waals surface area contributed by atoms with Crippen molar-refractivity contribution in [2.45, 2.75) is 31.8 Å². The highest BCUT2D eigenvalue weighted by molar-refractivity contribution is 6.22. The van der Waals surface area contributed by atoms with Gasteiger partial charge in [0.15, 0.2) is 0 Å². The average Bonchev–Trinajstić information content (AvgIpc) is 3.42. The molecule has 0 fully saturated rings. The van der Waals surface area contributed by atoms with Crippen molar-refractivity contribution in [1.29, 1.82) is 0 Å². The molecule has 2 N–H and O–H groups in total. The van der Waals surface area contributed by atoms with Gasteiger partial charge in [-0.25, -0.2) is 28.1 Å². The van der Waals surface area contributed by atoms with Crippen molar-refractivity contribution in [2.24, 2.45) is 0 Å². The number of amides is 4. The number of fused-ring (bicyclic) bond motifs is 2. The summed E-state index contributed by atoms with van der Waals surface area (Å²) in [5.74, 6) is 1.84. The van der Waals surface area contributed by atoms with Crippen LogP contribution in [0.25, 0.3) is 0 Å². The molecule has 0 spiro atoms. The number of benzene rings is 2. The lowest BCUT2D eigenvalue weighted by molar-refractivity contribution is 0.0509. The lowest BCUT2D eigenvalue weighted by Gasteiger charge is -2.21. The fraction of sp³-hybridized carbons (Fsp3) is 0.219. The third-order valence-electron chi connectivity index (χ3n) is 7.55. The van der Waals surface area contributed by atoms with Crippen LogP contribution < -0.4 is 17.1 Å². The number of hydrogen-bond acceptors (Lipinski definition) is 9. The molecule has 2 aliphatic rings. The number of carbonyl (C=O) groups excluding carboxylic acids is 4. The van der Waals surface area contributed by atoms with Crippen LogP contribution in [0.5, 0.6) is 0 Å². The molecular weight excluding hydrogens is 598 g/mol. The van der Waals surface area contributed by atoms with Gasteiger partial charge in [-0.15, -0.1) is 19.4 Å². The average molecular weight is 624 g/mol. The zero-order chi connectivity index (χ0) is 33.4. The van der Waals surface area contributed by atoms with Gasteiger partial charge in [0.25, 0.3) is 23.6 Å². The molecule has 3 heterocycles.